The molecular weight excluding hydrogens is 208 g/mol. The molecule has 0 amide bonds. The number of hydrogen-bond acceptors (Lipinski definition) is 6. The van der Waals surface area contributed by atoms with Gasteiger partial charge in [-0.1, -0.05) is 0 Å². The average Bonchev–Trinajstić information content (AvgIpc) is 2.35. The van der Waals surface area contributed by atoms with Gasteiger partial charge in [-0.2, -0.15) is 0 Å². The van der Waals surface area contributed by atoms with Crippen LogP contribution >= 0.6 is 0 Å². The Kier molecular flexibility index (Phi) is 3.43. The van der Waals surface area contributed by atoms with Crippen LogP contribution in [0.2, 0.25) is 0 Å². The molecule has 0 saturated carbocycles. The van der Waals surface area contributed by atoms with Crippen molar-refractivity contribution in [1.82, 2.24) is 9.97 Å². The molecule has 2 heterocycles. The van der Waals surface area contributed by atoms with E-state index in [0.717, 1.165) is 17.3 Å². The Hall–Kier alpha value is -1.53. The first-order valence-corrected chi connectivity index (χ1v) is 5.04. The van der Waals surface area contributed by atoms with Gasteiger partial charge >= 0.3 is 0 Å². The number of rotatable bonds is 4. The largest absolute Gasteiger partial charge is 0.356 e. The molecule has 86 valence electrons. The summed E-state index contributed by atoms with van der Waals surface area (Å²) >= 11 is 0. The van der Waals surface area contributed by atoms with E-state index in [2.05, 4.69) is 20.3 Å². The standard InChI is InChI=1S/C10H14N4O2/c1-7(15-2)16-6-9-13-5-8-10(14-9)12-4-3-11-8/h3-4,7H,5-6H2,1-2H3,(H,12,13,14). The van der Waals surface area contributed by atoms with E-state index in [0.29, 0.717) is 13.2 Å². The van der Waals surface area contributed by atoms with Gasteiger partial charge in [-0.3, -0.25) is 9.98 Å². The maximum atomic E-state index is 5.38. The minimum atomic E-state index is -0.243. The number of aliphatic imine (C=N–C) groups is 1. The van der Waals surface area contributed by atoms with Gasteiger partial charge < -0.3 is 14.8 Å². The fourth-order valence-corrected chi connectivity index (χ4v) is 1.28. The van der Waals surface area contributed by atoms with Gasteiger partial charge in [0, 0.05) is 19.5 Å². The van der Waals surface area contributed by atoms with Crippen molar-refractivity contribution in [2.75, 3.05) is 19.0 Å². The van der Waals surface area contributed by atoms with Crippen molar-refractivity contribution in [2.24, 2.45) is 4.99 Å². The molecule has 0 aromatic carbocycles. The van der Waals surface area contributed by atoms with Crippen LogP contribution in [-0.4, -0.2) is 35.8 Å². The third kappa shape index (κ3) is 2.53. The molecule has 1 aromatic rings. The normalized spacial score (nSPS) is 16.0. The highest BCUT2D eigenvalue weighted by Crippen LogP contribution is 2.14. The quantitative estimate of drug-likeness (QED) is 0.763. The Bertz CT molecular complexity index is 394. The van der Waals surface area contributed by atoms with Gasteiger partial charge in [0.05, 0.1) is 6.54 Å². The van der Waals surface area contributed by atoms with Crippen LogP contribution in [0, 0.1) is 0 Å². The van der Waals surface area contributed by atoms with Gasteiger partial charge in [0.1, 0.15) is 18.1 Å². The van der Waals surface area contributed by atoms with Gasteiger partial charge in [0.2, 0.25) is 0 Å². The zero-order valence-electron chi connectivity index (χ0n) is 9.30. The highest BCUT2D eigenvalue weighted by molar-refractivity contribution is 5.97. The van der Waals surface area contributed by atoms with Crippen molar-refractivity contribution >= 4 is 11.7 Å². The molecular formula is C10H14N4O2. The molecule has 1 aromatic heterocycles. The molecule has 1 atom stereocenters. The number of hydrogen-bond donors (Lipinski definition) is 1. The molecule has 2 rings (SSSR count). The fourth-order valence-electron chi connectivity index (χ4n) is 1.28. The first-order chi connectivity index (χ1) is 7.79. The monoisotopic (exact) mass is 222 g/mol. The fraction of sp³-hybridized carbons (Fsp3) is 0.500. The number of nitrogens with one attached hydrogen (secondary N) is 1. The second-order valence-corrected chi connectivity index (χ2v) is 3.35. The minimum absolute atomic E-state index is 0.243. The second-order valence-electron chi connectivity index (χ2n) is 3.35. The molecule has 0 saturated heterocycles. The van der Waals surface area contributed by atoms with Crippen molar-refractivity contribution in [3.05, 3.63) is 18.1 Å². The molecule has 1 unspecified atom stereocenters. The number of nitrogens with zero attached hydrogens (tertiary/aromatic N) is 3. The van der Waals surface area contributed by atoms with Gasteiger partial charge in [-0.25, -0.2) is 4.98 Å². The number of anilines is 1. The van der Waals surface area contributed by atoms with Gasteiger partial charge in [-0.15, -0.1) is 0 Å². The van der Waals surface area contributed by atoms with Crippen LogP contribution < -0.4 is 5.32 Å². The van der Waals surface area contributed by atoms with Crippen molar-refractivity contribution in [3.63, 3.8) is 0 Å². The summed E-state index contributed by atoms with van der Waals surface area (Å²) in [5, 5.41) is 3.07. The molecule has 0 fully saturated rings. The minimum Gasteiger partial charge on any atom is -0.356 e. The van der Waals surface area contributed by atoms with E-state index in [1.54, 1.807) is 19.5 Å². The van der Waals surface area contributed by atoms with E-state index in [4.69, 9.17) is 9.47 Å². The molecule has 0 radical (unpaired) electrons. The van der Waals surface area contributed by atoms with Crippen molar-refractivity contribution in [3.8, 4) is 0 Å². The van der Waals surface area contributed by atoms with Crippen LogP contribution in [0.25, 0.3) is 0 Å². The van der Waals surface area contributed by atoms with Crippen LogP contribution in [0.3, 0.4) is 0 Å². The molecule has 16 heavy (non-hydrogen) atoms. The summed E-state index contributed by atoms with van der Waals surface area (Å²) in [6.07, 6.45) is 3.06. The maximum Gasteiger partial charge on any atom is 0.155 e. The molecule has 1 aliphatic heterocycles. The van der Waals surface area contributed by atoms with Gasteiger partial charge in [0.15, 0.2) is 12.1 Å². The summed E-state index contributed by atoms with van der Waals surface area (Å²) in [5.41, 5.74) is 0.853. The van der Waals surface area contributed by atoms with Crippen molar-refractivity contribution in [1.29, 1.82) is 0 Å². The maximum absolute atomic E-state index is 5.38. The summed E-state index contributed by atoms with van der Waals surface area (Å²) in [4.78, 5) is 12.6. The number of methoxy groups -OCH3 is 1. The van der Waals surface area contributed by atoms with Gasteiger partial charge in [0.25, 0.3) is 0 Å². The van der Waals surface area contributed by atoms with E-state index in [1.165, 1.54) is 0 Å². The zero-order valence-corrected chi connectivity index (χ0v) is 9.30. The zero-order chi connectivity index (χ0) is 11.4. The smallest absolute Gasteiger partial charge is 0.155 e. The Morgan fingerprint density at radius 2 is 2.25 bits per heavy atom. The lowest BCUT2D eigenvalue weighted by Gasteiger charge is -2.17. The Morgan fingerprint density at radius 1 is 1.44 bits per heavy atom. The summed E-state index contributed by atoms with van der Waals surface area (Å²) in [5.74, 6) is 1.50. The Morgan fingerprint density at radius 3 is 3.06 bits per heavy atom. The number of amidine groups is 1. The highest BCUT2D eigenvalue weighted by Gasteiger charge is 2.13. The molecule has 1 aliphatic rings. The highest BCUT2D eigenvalue weighted by atomic mass is 16.7. The van der Waals surface area contributed by atoms with Crippen LogP contribution in [0.1, 0.15) is 12.6 Å². The summed E-state index contributed by atoms with van der Waals surface area (Å²) < 4.78 is 10.4. The number of ether oxygens (including phenoxy) is 2. The van der Waals surface area contributed by atoms with Crippen LogP contribution in [-0.2, 0) is 16.0 Å². The SMILES string of the molecule is COC(C)OCC1=NCc2nccnc2N1. The summed E-state index contributed by atoms with van der Waals surface area (Å²) in [6, 6.07) is 0. The third-order valence-electron chi connectivity index (χ3n) is 2.24. The predicted molar refractivity (Wildman–Crippen MR) is 59.2 cm³/mol. The second kappa shape index (κ2) is 5.00. The lowest BCUT2D eigenvalue weighted by Crippen LogP contribution is -2.26. The van der Waals surface area contributed by atoms with E-state index in [9.17, 15) is 0 Å². The molecule has 1 N–H and O–H groups in total. The molecule has 0 spiro atoms. The Balaban J connectivity index is 1.94. The summed E-state index contributed by atoms with van der Waals surface area (Å²) in [7, 11) is 1.60. The van der Waals surface area contributed by atoms with E-state index in [-0.39, 0.29) is 6.29 Å². The third-order valence-corrected chi connectivity index (χ3v) is 2.24. The number of fused-ring (bicyclic) bond motifs is 1. The predicted octanol–water partition coefficient (Wildman–Crippen LogP) is 0.810. The first-order valence-electron chi connectivity index (χ1n) is 5.04. The lowest BCUT2D eigenvalue weighted by atomic mass is 10.3. The van der Waals surface area contributed by atoms with Crippen molar-refractivity contribution in [2.45, 2.75) is 19.8 Å². The first kappa shape index (κ1) is 11.0. The average molecular weight is 222 g/mol. The Labute approximate surface area is 93.7 Å². The van der Waals surface area contributed by atoms with Crippen LogP contribution in [0.4, 0.5) is 5.82 Å². The van der Waals surface area contributed by atoms with E-state index >= 15 is 0 Å². The number of aromatic nitrogens is 2. The van der Waals surface area contributed by atoms with E-state index < -0.39 is 0 Å². The lowest BCUT2D eigenvalue weighted by molar-refractivity contribution is -0.0977. The van der Waals surface area contributed by atoms with Crippen molar-refractivity contribution < 1.29 is 9.47 Å². The van der Waals surface area contributed by atoms with Crippen LogP contribution in [0.15, 0.2) is 17.4 Å². The molecule has 0 aliphatic carbocycles. The molecule has 6 heteroatoms. The van der Waals surface area contributed by atoms with Crippen LogP contribution in [0.5, 0.6) is 0 Å². The molecule has 0 bridgehead atoms. The summed E-state index contributed by atoms with van der Waals surface area (Å²) in [6.45, 7) is 2.75. The van der Waals surface area contributed by atoms with E-state index in [1.807, 2.05) is 6.92 Å². The topological polar surface area (TPSA) is 68.6 Å². The molecule has 6 nitrogen and oxygen atoms in total. The van der Waals surface area contributed by atoms with Gasteiger partial charge in [-0.05, 0) is 6.92 Å².